The number of nitrogens with two attached hydrogens (primary N) is 1. The predicted molar refractivity (Wildman–Crippen MR) is 63.8 cm³/mol. The second-order valence-corrected chi connectivity index (χ2v) is 4.49. The maximum absolute atomic E-state index is 11.6. The smallest absolute Gasteiger partial charge is 0.239 e. The molecular formula is C11H23N3O2. The van der Waals surface area contributed by atoms with Gasteiger partial charge in [0.2, 0.25) is 11.8 Å². The Morgan fingerprint density at radius 3 is 2.31 bits per heavy atom. The molecule has 16 heavy (non-hydrogen) atoms. The Balaban J connectivity index is 3.91. The zero-order valence-corrected chi connectivity index (χ0v) is 10.6. The van der Waals surface area contributed by atoms with Gasteiger partial charge in [0.05, 0.1) is 6.54 Å². The Labute approximate surface area is 97.4 Å². The first-order valence-corrected chi connectivity index (χ1v) is 5.61. The summed E-state index contributed by atoms with van der Waals surface area (Å²) < 4.78 is 0. The first-order valence-electron chi connectivity index (χ1n) is 5.61. The summed E-state index contributed by atoms with van der Waals surface area (Å²) >= 11 is 0. The molecule has 0 saturated heterocycles. The Morgan fingerprint density at radius 1 is 1.31 bits per heavy atom. The van der Waals surface area contributed by atoms with Gasteiger partial charge >= 0.3 is 0 Å². The molecule has 0 fully saturated rings. The zero-order valence-electron chi connectivity index (χ0n) is 10.6. The summed E-state index contributed by atoms with van der Waals surface area (Å²) in [6.07, 6.45) is 1.04. The van der Waals surface area contributed by atoms with Crippen LogP contribution in [-0.4, -0.2) is 42.4 Å². The van der Waals surface area contributed by atoms with E-state index in [-0.39, 0.29) is 30.4 Å². The van der Waals surface area contributed by atoms with Crippen LogP contribution in [0.1, 0.15) is 33.6 Å². The van der Waals surface area contributed by atoms with Crippen molar-refractivity contribution in [2.75, 3.05) is 13.6 Å². The van der Waals surface area contributed by atoms with Crippen LogP contribution in [0.15, 0.2) is 0 Å². The number of carbonyl (C=O) groups is 2. The van der Waals surface area contributed by atoms with E-state index in [1.54, 1.807) is 7.05 Å². The summed E-state index contributed by atoms with van der Waals surface area (Å²) in [5.74, 6) is -0.178. The van der Waals surface area contributed by atoms with Crippen molar-refractivity contribution < 1.29 is 9.59 Å². The van der Waals surface area contributed by atoms with E-state index in [1.807, 2.05) is 20.8 Å². The highest BCUT2D eigenvalue weighted by Crippen LogP contribution is 1.98. The summed E-state index contributed by atoms with van der Waals surface area (Å²) in [4.78, 5) is 24.4. The molecule has 0 aromatic carbocycles. The summed E-state index contributed by atoms with van der Waals surface area (Å²) in [5, 5.41) is 2.74. The summed E-state index contributed by atoms with van der Waals surface area (Å²) in [7, 11) is 1.63. The normalized spacial score (nSPS) is 12.4. The van der Waals surface area contributed by atoms with Crippen LogP contribution in [-0.2, 0) is 9.59 Å². The molecule has 0 heterocycles. The third-order valence-corrected chi connectivity index (χ3v) is 2.07. The third-order valence-electron chi connectivity index (χ3n) is 2.07. The van der Waals surface area contributed by atoms with Crippen LogP contribution in [0.3, 0.4) is 0 Å². The van der Waals surface area contributed by atoms with Gasteiger partial charge in [0.25, 0.3) is 0 Å². The van der Waals surface area contributed by atoms with Crippen molar-refractivity contribution in [3.63, 3.8) is 0 Å². The van der Waals surface area contributed by atoms with Gasteiger partial charge in [-0.3, -0.25) is 9.59 Å². The van der Waals surface area contributed by atoms with Crippen molar-refractivity contribution in [1.29, 1.82) is 0 Å². The molecular weight excluding hydrogens is 206 g/mol. The molecule has 5 nitrogen and oxygen atoms in total. The van der Waals surface area contributed by atoms with Gasteiger partial charge < -0.3 is 16.0 Å². The van der Waals surface area contributed by atoms with E-state index in [0.29, 0.717) is 12.8 Å². The van der Waals surface area contributed by atoms with Crippen molar-refractivity contribution in [2.24, 2.45) is 5.73 Å². The summed E-state index contributed by atoms with van der Waals surface area (Å²) in [5.41, 5.74) is 5.56. The van der Waals surface area contributed by atoms with Gasteiger partial charge in [-0.2, -0.15) is 0 Å². The lowest BCUT2D eigenvalue weighted by molar-refractivity contribution is -0.135. The maximum atomic E-state index is 11.6. The second kappa shape index (κ2) is 7.22. The largest absolute Gasteiger partial charge is 0.352 e. The third kappa shape index (κ3) is 7.23. The van der Waals surface area contributed by atoms with Gasteiger partial charge in [-0.15, -0.1) is 0 Å². The highest BCUT2D eigenvalue weighted by Gasteiger charge is 2.13. The van der Waals surface area contributed by atoms with Gasteiger partial charge in [-0.25, -0.2) is 0 Å². The van der Waals surface area contributed by atoms with E-state index in [2.05, 4.69) is 5.32 Å². The van der Waals surface area contributed by atoms with E-state index in [1.165, 1.54) is 4.90 Å². The molecule has 0 aromatic rings. The molecule has 1 atom stereocenters. The van der Waals surface area contributed by atoms with Gasteiger partial charge in [-0.05, 0) is 27.2 Å². The lowest BCUT2D eigenvalue weighted by Crippen LogP contribution is -2.41. The van der Waals surface area contributed by atoms with Gasteiger partial charge in [0.15, 0.2) is 0 Å². The van der Waals surface area contributed by atoms with Gasteiger partial charge in [-0.1, -0.05) is 0 Å². The van der Waals surface area contributed by atoms with Crippen LogP contribution in [0.2, 0.25) is 0 Å². The number of carbonyl (C=O) groups excluding carboxylic acids is 2. The van der Waals surface area contributed by atoms with Crippen molar-refractivity contribution in [3.05, 3.63) is 0 Å². The van der Waals surface area contributed by atoms with Gasteiger partial charge in [0.1, 0.15) is 0 Å². The van der Waals surface area contributed by atoms with E-state index in [0.717, 1.165) is 0 Å². The fraction of sp³-hybridized carbons (Fsp3) is 0.818. The van der Waals surface area contributed by atoms with Crippen molar-refractivity contribution in [2.45, 2.75) is 45.7 Å². The Kier molecular flexibility index (Phi) is 6.72. The zero-order chi connectivity index (χ0) is 12.7. The quantitative estimate of drug-likeness (QED) is 0.678. The second-order valence-electron chi connectivity index (χ2n) is 4.49. The molecule has 0 rings (SSSR count). The number of amides is 2. The number of rotatable bonds is 6. The predicted octanol–water partition coefficient (Wildman–Crippen LogP) is 0.0968. The first-order chi connectivity index (χ1) is 7.32. The van der Waals surface area contributed by atoms with Crippen molar-refractivity contribution in [3.8, 4) is 0 Å². The fourth-order valence-electron chi connectivity index (χ4n) is 1.21. The topological polar surface area (TPSA) is 75.4 Å². The van der Waals surface area contributed by atoms with Crippen LogP contribution in [0.4, 0.5) is 0 Å². The number of hydrogen-bond acceptors (Lipinski definition) is 3. The number of likely N-dealkylation sites (N-methyl/N-ethyl adjacent to an activating group) is 1. The highest BCUT2D eigenvalue weighted by molar-refractivity contribution is 5.84. The molecule has 94 valence electrons. The van der Waals surface area contributed by atoms with Crippen LogP contribution < -0.4 is 11.1 Å². The Morgan fingerprint density at radius 2 is 1.88 bits per heavy atom. The molecule has 0 bridgehead atoms. The Bertz CT molecular complexity index is 239. The van der Waals surface area contributed by atoms with Crippen LogP contribution in [0.5, 0.6) is 0 Å². The lowest BCUT2D eigenvalue weighted by atomic mass is 10.2. The average Bonchev–Trinajstić information content (AvgIpc) is 2.12. The maximum Gasteiger partial charge on any atom is 0.239 e. The number of nitrogens with one attached hydrogen (secondary N) is 1. The van der Waals surface area contributed by atoms with Crippen LogP contribution >= 0.6 is 0 Å². The minimum atomic E-state index is -0.133. The molecule has 3 N–H and O–H groups in total. The molecule has 5 heteroatoms. The first kappa shape index (κ1) is 14.9. The SMILES string of the molecule is CC(N)CCC(=O)N(C)CC(=O)NC(C)C. The standard InChI is InChI=1S/C11H23N3O2/c1-8(2)13-10(15)7-14(4)11(16)6-5-9(3)12/h8-9H,5-7,12H2,1-4H3,(H,13,15). The fourth-order valence-corrected chi connectivity index (χ4v) is 1.21. The number of hydrogen-bond donors (Lipinski definition) is 2. The van der Waals surface area contributed by atoms with E-state index >= 15 is 0 Å². The summed E-state index contributed by atoms with van der Waals surface area (Å²) in [6.45, 7) is 5.74. The monoisotopic (exact) mass is 229 g/mol. The van der Waals surface area contributed by atoms with E-state index in [9.17, 15) is 9.59 Å². The number of nitrogens with zero attached hydrogens (tertiary/aromatic N) is 1. The minimum absolute atomic E-state index is 0.0156. The van der Waals surface area contributed by atoms with E-state index in [4.69, 9.17) is 5.73 Å². The molecule has 0 aliphatic carbocycles. The van der Waals surface area contributed by atoms with E-state index < -0.39 is 0 Å². The van der Waals surface area contributed by atoms with Crippen LogP contribution in [0, 0.1) is 0 Å². The average molecular weight is 229 g/mol. The molecule has 2 amide bonds. The minimum Gasteiger partial charge on any atom is -0.352 e. The van der Waals surface area contributed by atoms with Gasteiger partial charge in [0, 0.05) is 25.6 Å². The summed E-state index contributed by atoms with van der Waals surface area (Å²) in [6, 6.07) is 0.113. The molecule has 0 aromatic heterocycles. The molecule has 0 radical (unpaired) electrons. The van der Waals surface area contributed by atoms with Crippen LogP contribution in [0.25, 0.3) is 0 Å². The molecule has 0 aliphatic heterocycles. The van der Waals surface area contributed by atoms with Crippen molar-refractivity contribution in [1.82, 2.24) is 10.2 Å². The molecule has 1 unspecified atom stereocenters. The molecule has 0 aliphatic rings. The molecule has 0 saturated carbocycles. The van der Waals surface area contributed by atoms with Crippen molar-refractivity contribution >= 4 is 11.8 Å². The molecule has 0 spiro atoms. The highest BCUT2D eigenvalue weighted by atomic mass is 16.2. The Hall–Kier alpha value is -1.10. The lowest BCUT2D eigenvalue weighted by Gasteiger charge is -2.18.